The van der Waals surface area contributed by atoms with Crippen LogP contribution in [0.3, 0.4) is 0 Å². The van der Waals surface area contributed by atoms with Gasteiger partial charge in [-0.1, -0.05) is 11.6 Å². The summed E-state index contributed by atoms with van der Waals surface area (Å²) in [6, 6.07) is 1.81. The van der Waals surface area contributed by atoms with E-state index < -0.39 is 0 Å². The van der Waals surface area contributed by atoms with Gasteiger partial charge in [-0.25, -0.2) is 0 Å². The first-order chi connectivity index (χ1) is 9.86. The van der Waals surface area contributed by atoms with E-state index in [0.717, 1.165) is 23.6 Å². The Morgan fingerprint density at radius 1 is 1.48 bits per heavy atom. The Hall–Kier alpha value is -1.86. The van der Waals surface area contributed by atoms with Gasteiger partial charge in [-0.3, -0.25) is 14.6 Å². The standard InChI is InChI=1S/C13H19ClN6O/c1-8-13(14)9(2)20(18-8)7-12(21)15-11-5-10(16-17-11)6-19(3)4/h5H,6-7H2,1-4H3,(H2,15,16,17,21). The molecule has 21 heavy (non-hydrogen) atoms. The Bertz CT molecular complexity index is 645. The first-order valence-corrected chi connectivity index (χ1v) is 6.93. The van der Waals surface area contributed by atoms with E-state index in [4.69, 9.17) is 11.6 Å². The predicted octanol–water partition coefficient (Wildman–Crippen LogP) is 1.58. The van der Waals surface area contributed by atoms with Crippen LogP contribution in [0.15, 0.2) is 6.07 Å². The van der Waals surface area contributed by atoms with Crippen LogP contribution in [0.1, 0.15) is 17.1 Å². The highest BCUT2D eigenvalue weighted by Crippen LogP contribution is 2.18. The van der Waals surface area contributed by atoms with Crippen molar-refractivity contribution in [2.24, 2.45) is 0 Å². The van der Waals surface area contributed by atoms with Gasteiger partial charge in [-0.05, 0) is 27.9 Å². The monoisotopic (exact) mass is 310 g/mol. The summed E-state index contributed by atoms with van der Waals surface area (Å²) >= 11 is 6.06. The molecule has 0 fully saturated rings. The number of carbonyl (C=O) groups is 1. The van der Waals surface area contributed by atoms with Crippen molar-refractivity contribution in [3.63, 3.8) is 0 Å². The summed E-state index contributed by atoms with van der Waals surface area (Å²) in [4.78, 5) is 14.0. The highest BCUT2D eigenvalue weighted by atomic mass is 35.5. The number of nitrogens with one attached hydrogen (secondary N) is 2. The van der Waals surface area contributed by atoms with Gasteiger partial charge in [0.05, 0.1) is 22.1 Å². The minimum atomic E-state index is -0.194. The molecule has 2 aromatic heterocycles. The van der Waals surface area contributed by atoms with Crippen LogP contribution in [0.25, 0.3) is 0 Å². The maximum Gasteiger partial charge on any atom is 0.247 e. The van der Waals surface area contributed by atoms with E-state index >= 15 is 0 Å². The maximum atomic E-state index is 12.0. The molecule has 7 nitrogen and oxygen atoms in total. The quantitative estimate of drug-likeness (QED) is 0.879. The molecule has 0 bridgehead atoms. The smallest absolute Gasteiger partial charge is 0.247 e. The van der Waals surface area contributed by atoms with E-state index in [-0.39, 0.29) is 12.5 Å². The molecule has 0 atom stereocenters. The number of H-pyrrole nitrogens is 1. The molecule has 114 valence electrons. The number of aromatic nitrogens is 4. The summed E-state index contributed by atoms with van der Waals surface area (Å²) in [7, 11) is 3.93. The summed E-state index contributed by atoms with van der Waals surface area (Å²) in [5.74, 6) is 0.310. The zero-order valence-corrected chi connectivity index (χ0v) is 13.3. The highest BCUT2D eigenvalue weighted by Gasteiger charge is 2.13. The Balaban J connectivity index is 1.98. The van der Waals surface area contributed by atoms with Crippen molar-refractivity contribution in [3.8, 4) is 0 Å². The normalized spacial score (nSPS) is 11.1. The van der Waals surface area contributed by atoms with Crippen LogP contribution in [0.5, 0.6) is 0 Å². The Kier molecular flexibility index (Phi) is 4.64. The number of halogens is 1. The fraction of sp³-hybridized carbons (Fsp3) is 0.462. The average Bonchev–Trinajstić information content (AvgIpc) is 2.90. The summed E-state index contributed by atoms with van der Waals surface area (Å²) in [5, 5.41) is 14.5. The van der Waals surface area contributed by atoms with Gasteiger partial charge in [0.2, 0.25) is 5.91 Å². The highest BCUT2D eigenvalue weighted by molar-refractivity contribution is 6.31. The molecule has 0 spiro atoms. The molecule has 2 N–H and O–H groups in total. The molecule has 0 saturated heterocycles. The third-order valence-corrected chi connectivity index (χ3v) is 3.52. The van der Waals surface area contributed by atoms with Crippen LogP contribution >= 0.6 is 11.6 Å². The third kappa shape index (κ3) is 3.83. The van der Waals surface area contributed by atoms with Gasteiger partial charge in [-0.2, -0.15) is 10.2 Å². The van der Waals surface area contributed by atoms with E-state index in [2.05, 4.69) is 20.6 Å². The Morgan fingerprint density at radius 3 is 2.76 bits per heavy atom. The molecule has 2 aromatic rings. The van der Waals surface area contributed by atoms with Crippen molar-refractivity contribution in [1.29, 1.82) is 0 Å². The van der Waals surface area contributed by atoms with Crippen LogP contribution in [-0.2, 0) is 17.9 Å². The lowest BCUT2D eigenvalue weighted by atomic mass is 10.4. The molecule has 2 rings (SSSR count). The lowest BCUT2D eigenvalue weighted by molar-refractivity contribution is -0.117. The average molecular weight is 311 g/mol. The molecule has 0 aliphatic rings. The second-order valence-electron chi connectivity index (χ2n) is 5.21. The molecule has 1 amide bonds. The first-order valence-electron chi connectivity index (χ1n) is 6.55. The molecule has 0 aromatic carbocycles. The number of anilines is 1. The fourth-order valence-corrected chi connectivity index (χ4v) is 2.13. The van der Waals surface area contributed by atoms with Gasteiger partial charge in [0.15, 0.2) is 5.82 Å². The number of aromatic amines is 1. The van der Waals surface area contributed by atoms with Crippen molar-refractivity contribution in [2.45, 2.75) is 26.9 Å². The molecule has 0 aliphatic heterocycles. The van der Waals surface area contributed by atoms with Crippen molar-refractivity contribution in [2.75, 3.05) is 19.4 Å². The van der Waals surface area contributed by atoms with Crippen LogP contribution < -0.4 is 5.32 Å². The van der Waals surface area contributed by atoms with Gasteiger partial charge in [-0.15, -0.1) is 0 Å². The van der Waals surface area contributed by atoms with Gasteiger partial charge in [0.25, 0.3) is 0 Å². The summed E-state index contributed by atoms with van der Waals surface area (Å²) in [5.41, 5.74) is 2.43. The lowest BCUT2D eigenvalue weighted by Crippen LogP contribution is -2.20. The predicted molar refractivity (Wildman–Crippen MR) is 81.3 cm³/mol. The van der Waals surface area contributed by atoms with Crippen LogP contribution in [0.4, 0.5) is 5.82 Å². The summed E-state index contributed by atoms with van der Waals surface area (Å²) in [6.45, 7) is 4.48. The second kappa shape index (κ2) is 6.28. The van der Waals surface area contributed by atoms with E-state index in [1.54, 1.807) is 4.68 Å². The first kappa shape index (κ1) is 15.5. The van der Waals surface area contributed by atoms with Gasteiger partial charge < -0.3 is 10.2 Å². The zero-order chi connectivity index (χ0) is 15.6. The van der Waals surface area contributed by atoms with E-state index in [0.29, 0.717) is 10.8 Å². The van der Waals surface area contributed by atoms with Crippen molar-refractivity contribution >= 4 is 23.3 Å². The van der Waals surface area contributed by atoms with E-state index in [1.807, 2.05) is 38.9 Å². The number of hydrogen-bond donors (Lipinski definition) is 2. The SMILES string of the molecule is Cc1nn(CC(=O)Nc2cc(CN(C)C)[nH]n2)c(C)c1Cl. The van der Waals surface area contributed by atoms with Crippen LogP contribution in [0, 0.1) is 13.8 Å². The summed E-state index contributed by atoms with van der Waals surface area (Å²) < 4.78 is 1.58. The number of nitrogens with zero attached hydrogens (tertiary/aromatic N) is 4. The van der Waals surface area contributed by atoms with Crippen molar-refractivity contribution in [1.82, 2.24) is 24.9 Å². The number of carbonyl (C=O) groups excluding carboxylic acids is 1. The summed E-state index contributed by atoms with van der Waals surface area (Å²) in [6.07, 6.45) is 0. The van der Waals surface area contributed by atoms with E-state index in [9.17, 15) is 4.79 Å². The van der Waals surface area contributed by atoms with E-state index in [1.165, 1.54) is 0 Å². The zero-order valence-electron chi connectivity index (χ0n) is 12.6. The van der Waals surface area contributed by atoms with Gasteiger partial charge in [0.1, 0.15) is 6.54 Å². The number of hydrogen-bond acceptors (Lipinski definition) is 4. The maximum absolute atomic E-state index is 12.0. The molecule has 0 radical (unpaired) electrons. The Labute approximate surface area is 128 Å². The van der Waals surface area contributed by atoms with Crippen molar-refractivity contribution < 1.29 is 4.79 Å². The third-order valence-electron chi connectivity index (χ3n) is 2.97. The molecule has 0 aliphatic carbocycles. The second-order valence-corrected chi connectivity index (χ2v) is 5.58. The van der Waals surface area contributed by atoms with Crippen LogP contribution in [-0.4, -0.2) is 44.9 Å². The minimum Gasteiger partial charge on any atom is -0.308 e. The Morgan fingerprint density at radius 2 is 2.19 bits per heavy atom. The number of rotatable bonds is 5. The minimum absolute atomic E-state index is 0.106. The van der Waals surface area contributed by atoms with Gasteiger partial charge in [0, 0.05) is 12.6 Å². The largest absolute Gasteiger partial charge is 0.308 e. The van der Waals surface area contributed by atoms with Crippen LogP contribution in [0.2, 0.25) is 5.02 Å². The number of amides is 1. The number of aryl methyl sites for hydroxylation is 1. The van der Waals surface area contributed by atoms with Gasteiger partial charge >= 0.3 is 0 Å². The van der Waals surface area contributed by atoms with Crippen molar-refractivity contribution in [3.05, 3.63) is 28.2 Å². The molecule has 2 heterocycles. The molecule has 0 unspecified atom stereocenters. The fourth-order valence-electron chi connectivity index (χ4n) is 1.99. The topological polar surface area (TPSA) is 78.8 Å². The molecule has 8 heteroatoms. The molecule has 0 saturated carbocycles. The lowest BCUT2D eigenvalue weighted by Gasteiger charge is -2.05. The molecular formula is C13H19ClN6O. The molecular weight excluding hydrogens is 292 g/mol.